The normalized spacial score (nSPS) is 13.4. The van der Waals surface area contributed by atoms with Crippen LogP contribution in [0.2, 0.25) is 0 Å². The van der Waals surface area contributed by atoms with E-state index in [9.17, 15) is 9.46 Å². The maximum Gasteiger partial charge on any atom is 0.347 e. The average molecular weight is 165 g/mol. The maximum absolute atomic E-state index is 9.88. The van der Waals surface area contributed by atoms with E-state index in [1.54, 1.807) is 0 Å². The summed E-state index contributed by atoms with van der Waals surface area (Å²) in [6.07, 6.45) is 4.23. The molecule has 0 amide bonds. The Bertz CT molecular complexity index is 95.0. The highest BCUT2D eigenvalue weighted by atomic mass is 31.1. The molecule has 1 atom stereocenters. The summed E-state index contributed by atoms with van der Waals surface area (Å²) in [6, 6.07) is 0. The maximum atomic E-state index is 9.88. The Morgan fingerprint density at radius 3 is 2.50 bits per heavy atom. The molecule has 3 nitrogen and oxygen atoms in total. The number of unbranched alkanes of at least 4 members (excludes halogenated alkanes) is 3. The molecule has 10 heavy (non-hydrogen) atoms. The summed E-state index contributed by atoms with van der Waals surface area (Å²) in [7, 11) is -2.92. The van der Waals surface area contributed by atoms with E-state index < -0.39 is 8.25 Å². The molecule has 0 heterocycles. The van der Waals surface area contributed by atoms with Crippen LogP contribution in [0, 0.1) is 0 Å². The van der Waals surface area contributed by atoms with Crippen LogP contribution in [0.15, 0.2) is 0 Å². The van der Waals surface area contributed by atoms with Crippen LogP contribution in [0.25, 0.3) is 0 Å². The van der Waals surface area contributed by atoms with Crippen molar-refractivity contribution in [2.75, 3.05) is 6.61 Å². The second-order valence-electron chi connectivity index (χ2n) is 2.16. The standard InChI is InChI=1S/C6H14O3P/c1-2-3-4-5-6-9-10(7)8/h10H,2-6H2,1H3. The van der Waals surface area contributed by atoms with Gasteiger partial charge in [-0.25, -0.2) is 0 Å². The van der Waals surface area contributed by atoms with Crippen molar-refractivity contribution in [3.05, 3.63) is 0 Å². The summed E-state index contributed by atoms with van der Waals surface area (Å²) < 4.78 is 14.3. The Balaban J connectivity index is 2.84. The van der Waals surface area contributed by atoms with Crippen LogP contribution < -0.4 is 0 Å². The summed E-state index contributed by atoms with van der Waals surface area (Å²) >= 11 is 0. The van der Waals surface area contributed by atoms with Crippen molar-refractivity contribution in [1.82, 2.24) is 0 Å². The zero-order valence-corrected chi connectivity index (χ0v) is 7.26. The molecule has 0 bridgehead atoms. The number of rotatable bonds is 6. The number of hydrogen-bond acceptors (Lipinski definition) is 2. The summed E-state index contributed by atoms with van der Waals surface area (Å²) in [5.74, 6) is 0. The highest BCUT2D eigenvalue weighted by Crippen LogP contribution is 2.16. The van der Waals surface area contributed by atoms with E-state index in [0.717, 1.165) is 25.7 Å². The lowest BCUT2D eigenvalue weighted by molar-refractivity contribution is 0.251. The van der Waals surface area contributed by atoms with E-state index in [0.29, 0.717) is 6.61 Å². The second-order valence-corrected chi connectivity index (χ2v) is 2.95. The number of hydrogen-bond donors (Lipinski definition) is 0. The minimum atomic E-state index is -2.92. The third-order valence-corrected chi connectivity index (χ3v) is 1.66. The summed E-state index contributed by atoms with van der Waals surface area (Å²) in [6.45, 7) is 2.47. The van der Waals surface area contributed by atoms with E-state index in [2.05, 4.69) is 11.4 Å². The monoisotopic (exact) mass is 165 g/mol. The molecule has 0 aliphatic heterocycles. The average Bonchev–Trinajstić information content (AvgIpc) is 1.87. The first-order valence-corrected chi connectivity index (χ1v) is 4.83. The largest absolute Gasteiger partial charge is 0.347 e. The molecule has 0 aromatic rings. The van der Waals surface area contributed by atoms with Crippen molar-refractivity contribution < 1.29 is 14.0 Å². The van der Waals surface area contributed by atoms with Gasteiger partial charge in [0.1, 0.15) is 0 Å². The van der Waals surface area contributed by atoms with E-state index in [1.807, 2.05) is 0 Å². The fraction of sp³-hybridized carbons (Fsp3) is 1.00. The molecule has 0 aliphatic carbocycles. The van der Waals surface area contributed by atoms with Gasteiger partial charge in [0.05, 0.1) is 6.61 Å². The Labute approximate surface area is 62.3 Å². The molecule has 0 aromatic heterocycles. The molecule has 0 aliphatic rings. The predicted molar refractivity (Wildman–Crippen MR) is 39.8 cm³/mol. The van der Waals surface area contributed by atoms with E-state index >= 15 is 0 Å². The Kier molecular flexibility index (Phi) is 7.37. The van der Waals surface area contributed by atoms with Gasteiger partial charge in [-0.3, -0.25) is 4.57 Å². The first-order chi connectivity index (χ1) is 4.77. The van der Waals surface area contributed by atoms with Crippen LogP contribution in [0.4, 0.5) is 0 Å². The fourth-order valence-corrected chi connectivity index (χ4v) is 0.995. The van der Waals surface area contributed by atoms with Gasteiger partial charge >= 0.3 is 8.25 Å². The van der Waals surface area contributed by atoms with Crippen molar-refractivity contribution in [2.24, 2.45) is 0 Å². The lowest BCUT2D eigenvalue weighted by Crippen LogP contribution is -1.85. The first kappa shape index (κ1) is 10.2. The van der Waals surface area contributed by atoms with Gasteiger partial charge in [-0.2, -0.15) is 0 Å². The second kappa shape index (κ2) is 7.26. The molecule has 1 unspecified atom stereocenters. The van der Waals surface area contributed by atoms with Crippen molar-refractivity contribution in [1.29, 1.82) is 0 Å². The van der Waals surface area contributed by atoms with E-state index in [1.165, 1.54) is 0 Å². The molecule has 0 saturated heterocycles. The Morgan fingerprint density at radius 1 is 1.30 bits per heavy atom. The van der Waals surface area contributed by atoms with Gasteiger partial charge in [0.2, 0.25) is 0 Å². The lowest BCUT2D eigenvalue weighted by Gasteiger charge is -1.96. The minimum Gasteiger partial charge on any atom is -0.309 e. The molecule has 0 N–H and O–H groups in total. The quantitative estimate of drug-likeness (QED) is 0.448. The fourth-order valence-electron chi connectivity index (χ4n) is 0.684. The van der Waals surface area contributed by atoms with Crippen LogP contribution in [0.5, 0.6) is 0 Å². The van der Waals surface area contributed by atoms with Crippen molar-refractivity contribution >= 4 is 8.25 Å². The molecule has 61 valence electrons. The predicted octanol–water partition coefficient (Wildman–Crippen LogP) is 2.40. The summed E-state index contributed by atoms with van der Waals surface area (Å²) in [4.78, 5) is 9.88. The molecule has 0 spiro atoms. The zero-order chi connectivity index (χ0) is 7.82. The SMILES string of the molecule is CCCCCCO[PH]([O])=O. The van der Waals surface area contributed by atoms with E-state index in [-0.39, 0.29) is 0 Å². The zero-order valence-electron chi connectivity index (χ0n) is 6.26. The molecule has 1 radical (unpaired) electrons. The third-order valence-electron chi connectivity index (χ3n) is 1.22. The van der Waals surface area contributed by atoms with Gasteiger partial charge in [-0.15, -0.1) is 4.89 Å². The molecule has 0 fully saturated rings. The van der Waals surface area contributed by atoms with Crippen molar-refractivity contribution in [3.63, 3.8) is 0 Å². The Hall–Kier alpha value is 0.150. The summed E-state index contributed by atoms with van der Waals surface area (Å²) in [5, 5.41) is 0. The van der Waals surface area contributed by atoms with Crippen LogP contribution in [-0.4, -0.2) is 6.61 Å². The van der Waals surface area contributed by atoms with Gasteiger partial charge in [-0.1, -0.05) is 26.2 Å². The van der Waals surface area contributed by atoms with Crippen LogP contribution >= 0.6 is 8.25 Å². The molecule has 0 rings (SSSR count). The topological polar surface area (TPSA) is 46.2 Å². The molecular weight excluding hydrogens is 151 g/mol. The summed E-state index contributed by atoms with van der Waals surface area (Å²) in [5.41, 5.74) is 0. The smallest absolute Gasteiger partial charge is 0.309 e. The third kappa shape index (κ3) is 8.15. The molecular formula is C6H14O3P. The van der Waals surface area contributed by atoms with Crippen LogP contribution in [0.3, 0.4) is 0 Å². The Morgan fingerprint density at radius 2 is 2.00 bits per heavy atom. The molecule has 0 aromatic carbocycles. The van der Waals surface area contributed by atoms with Crippen LogP contribution in [0.1, 0.15) is 32.6 Å². The lowest BCUT2D eigenvalue weighted by atomic mass is 10.2. The first-order valence-electron chi connectivity index (χ1n) is 3.61. The van der Waals surface area contributed by atoms with Gasteiger partial charge in [0.15, 0.2) is 0 Å². The minimum absolute atomic E-state index is 0.362. The van der Waals surface area contributed by atoms with Crippen molar-refractivity contribution in [2.45, 2.75) is 32.6 Å². The van der Waals surface area contributed by atoms with Gasteiger partial charge in [0, 0.05) is 0 Å². The molecule has 4 heteroatoms. The van der Waals surface area contributed by atoms with Crippen molar-refractivity contribution in [3.8, 4) is 0 Å². The van der Waals surface area contributed by atoms with Gasteiger partial charge < -0.3 is 4.52 Å². The highest BCUT2D eigenvalue weighted by Gasteiger charge is 1.92. The van der Waals surface area contributed by atoms with E-state index in [4.69, 9.17) is 0 Å². The van der Waals surface area contributed by atoms with Gasteiger partial charge in [0.25, 0.3) is 0 Å². The molecule has 0 saturated carbocycles. The highest BCUT2D eigenvalue weighted by molar-refractivity contribution is 7.31. The van der Waals surface area contributed by atoms with Crippen LogP contribution in [-0.2, 0) is 14.0 Å². The van der Waals surface area contributed by atoms with Gasteiger partial charge in [-0.05, 0) is 6.42 Å².